The molecule has 0 aliphatic carbocycles. The smallest absolute Gasteiger partial charge is 0.228 e. The zero-order valence-electron chi connectivity index (χ0n) is 10.6. The van der Waals surface area contributed by atoms with Crippen LogP contribution in [0.1, 0.15) is 20.3 Å². The zero-order chi connectivity index (χ0) is 12.4. The molecule has 5 heteroatoms. The van der Waals surface area contributed by atoms with Gasteiger partial charge >= 0.3 is 0 Å². The van der Waals surface area contributed by atoms with Crippen LogP contribution < -0.4 is 5.73 Å². The van der Waals surface area contributed by atoms with Crippen LogP contribution in [0.25, 0.3) is 0 Å². The molecule has 0 bridgehead atoms. The summed E-state index contributed by atoms with van der Waals surface area (Å²) in [7, 11) is 0. The van der Waals surface area contributed by atoms with Crippen LogP contribution in [0, 0.1) is 5.92 Å². The molecule has 17 heavy (non-hydrogen) atoms. The van der Waals surface area contributed by atoms with E-state index in [-0.39, 0.29) is 30.1 Å². The first-order valence-electron chi connectivity index (χ1n) is 6.35. The van der Waals surface area contributed by atoms with Crippen molar-refractivity contribution < 1.29 is 14.3 Å². The number of carbonyl (C=O) groups excluding carboxylic acids is 1. The lowest BCUT2D eigenvalue weighted by atomic mass is 10.0. The molecule has 2 heterocycles. The molecule has 0 saturated carbocycles. The van der Waals surface area contributed by atoms with Crippen molar-refractivity contribution in [1.82, 2.24) is 4.90 Å². The molecule has 4 atom stereocenters. The van der Waals surface area contributed by atoms with Gasteiger partial charge in [0.1, 0.15) is 0 Å². The zero-order valence-corrected chi connectivity index (χ0v) is 10.6. The minimum absolute atomic E-state index is 0.0248. The monoisotopic (exact) mass is 242 g/mol. The Morgan fingerprint density at radius 2 is 2.24 bits per heavy atom. The maximum atomic E-state index is 12.3. The molecule has 0 aromatic rings. The molecule has 0 radical (unpaired) electrons. The Balaban J connectivity index is 1.90. The van der Waals surface area contributed by atoms with E-state index in [0.29, 0.717) is 26.3 Å². The Kier molecular flexibility index (Phi) is 4.01. The third-order valence-electron chi connectivity index (χ3n) is 3.54. The molecule has 2 rings (SSSR count). The highest BCUT2D eigenvalue weighted by molar-refractivity contribution is 5.79. The highest BCUT2D eigenvalue weighted by Crippen LogP contribution is 2.22. The van der Waals surface area contributed by atoms with Crippen LogP contribution in [0.5, 0.6) is 0 Å². The van der Waals surface area contributed by atoms with Gasteiger partial charge in [0.05, 0.1) is 31.3 Å². The molecule has 0 spiro atoms. The van der Waals surface area contributed by atoms with Crippen LogP contribution in [0.15, 0.2) is 0 Å². The molecular weight excluding hydrogens is 220 g/mol. The van der Waals surface area contributed by atoms with Crippen molar-refractivity contribution in [3.63, 3.8) is 0 Å². The molecule has 2 aliphatic rings. The van der Waals surface area contributed by atoms with Crippen molar-refractivity contribution in [3.8, 4) is 0 Å². The van der Waals surface area contributed by atoms with Crippen LogP contribution in [0.2, 0.25) is 0 Å². The first-order chi connectivity index (χ1) is 8.08. The SMILES string of the molecule is CC1CC(C(=O)N2CCOC(C(C)N)C2)CO1. The van der Waals surface area contributed by atoms with Crippen molar-refractivity contribution in [2.45, 2.75) is 38.5 Å². The van der Waals surface area contributed by atoms with E-state index in [9.17, 15) is 4.79 Å². The van der Waals surface area contributed by atoms with Crippen molar-refractivity contribution >= 4 is 5.91 Å². The molecule has 2 saturated heterocycles. The average molecular weight is 242 g/mol. The van der Waals surface area contributed by atoms with Crippen molar-refractivity contribution in [2.75, 3.05) is 26.3 Å². The summed E-state index contributed by atoms with van der Waals surface area (Å²) in [6.45, 7) is 6.35. The molecular formula is C12H22N2O3. The number of ether oxygens (including phenoxy) is 2. The van der Waals surface area contributed by atoms with Crippen molar-refractivity contribution in [2.24, 2.45) is 11.7 Å². The van der Waals surface area contributed by atoms with Crippen molar-refractivity contribution in [3.05, 3.63) is 0 Å². The van der Waals surface area contributed by atoms with E-state index in [1.165, 1.54) is 0 Å². The first kappa shape index (κ1) is 12.8. The predicted octanol–water partition coefficient (Wildman–Crippen LogP) is -0.0140. The maximum Gasteiger partial charge on any atom is 0.228 e. The molecule has 0 aromatic heterocycles. The topological polar surface area (TPSA) is 64.8 Å². The van der Waals surface area contributed by atoms with Gasteiger partial charge in [0, 0.05) is 19.1 Å². The molecule has 1 amide bonds. The first-order valence-corrected chi connectivity index (χ1v) is 6.35. The van der Waals surface area contributed by atoms with Gasteiger partial charge in [0.25, 0.3) is 0 Å². The number of carbonyl (C=O) groups is 1. The Morgan fingerprint density at radius 3 is 2.82 bits per heavy atom. The lowest BCUT2D eigenvalue weighted by Crippen LogP contribution is -2.52. The third-order valence-corrected chi connectivity index (χ3v) is 3.54. The van der Waals surface area contributed by atoms with Gasteiger partial charge in [-0.1, -0.05) is 0 Å². The summed E-state index contributed by atoms with van der Waals surface area (Å²) in [6.07, 6.45) is 1.00. The standard InChI is InChI=1S/C12H22N2O3/c1-8-5-10(7-17-8)12(15)14-3-4-16-11(6-14)9(2)13/h8-11H,3-7,13H2,1-2H3. The minimum Gasteiger partial charge on any atom is -0.378 e. The molecule has 2 fully saturated rings. The minimum atomic E-state index is -0.0376. The van der Waals surface area contributed by atoms with E-state index in [2.05, 4.69) is 0 Å². The fourth-order valence-corrected chi connectivity index (χ4v) is 2.44. The van der Waals surface area contributed by atoms with E-state index in [0.717, 1.165) is 6.42 Å². The number of nitrogens with two attached hydrogens (primary N) is 1. The van der Waals surface area contributed by atoms with Crippen LogP contribution in [0.3, 0.4) is 0 Å². The van der Waals surface area contributed by atoms with E-state index in [1.54, 1.807) is 0 Å². The molecule has 2 aliphatic heterocycles. The lowest BCUT2D eigenvalue weighted by molar-refractivity contribution is -0.143. The quantitative estimate of drug-likeness (QED) is 0.739. The van der Waals surface area contributed by atoms with Gasteiger partial charge in [-0.2, -0.15) is 0 Å². The highest BCUT2D eigenvalue weighted by atomic mass is 16.5. The normalized spacial score (nSPS) is 35.9. The summed E-state index contributed by atoms with van der Waals surface area (Å²) in [5, 5.41) is 0. The van der Waals surface area contributed by atoms with Gasteiger partial charge in [0.15, 0.2) is 0 Å². The molecule has 5 nitrogen and oxygen atoms in total. The van der Waals surface area contributed by atoms with Crippen LogP contribution in [-0.4, -0.2) is 55.4 Å². The van der Waals surface area contributed by atoms with Crippen LogP contribution in [-0.2, 0) is 14.3 Å². The summed E-state index contributed by atoms with van der Waals surface area (Å²) in [6, 6.07) is -0.0376. The lowest BCUT2D eigenvalue weighted by Gasteiger charge is -2.35. The summed E-state index contributed by atoms with van der Waals surface area (Å²) < 4.78 is 11.0. The van der Waals surface area contributed by atoms with Gasteiger partial charge in [-0.05, 0) is 20.3 Å². The summed E-state index contributed by atoms with van der Waals surface area (Å²) in [4.78, 5) is 14.1. The molecule has 0 aromatic carbocycles. The van der Waals surface area contributed by atoms with Gasteiger partial charge < -0.3 is 20.1 Å². The number of hydrogen-bond acceptors (Lipinski definition) is 4. The largest absolute Gasteiger partial charge is 0.378 e. The second-order valence-electron chi connectivity index (χ2n) is 5.13. The van der Waals surface area contributed by atoms with Gasteiger partial charge in [-0.25, -0.2) is 0 Å². The summed E-state index contributed by atoms with van der Waals surface area (Å²) in [5.41, 5.74) is 5.82. The van der Waals surface area contributed by atoms with E-state index < -0.39 is 0 Å². The number of hydrogen-bond donors (Lipinski definition) is 1. The summed E-state index contributed by atoms with van der Waals surface area (Å²) >= 11 is 0. The average Bonchev–Trinajstić information content (AvgIpc) is 2.75. The predicted molar refractivity (Wildman–Crippen MR) is 63.5 cm³/mol. The Morgan fingerprint density at radius 1 is 1.47 bits per heavy atom. The Labute approximate surface area is 102 Å². The van der Waals surface area contributed by atoms with Gasteiger partial charge in [0.2, 0.25) is 5.91 Å². The number of nitrogens with zero attached hydrogens (tertiary/aromatic N) is 1. The van der Waals surface area contributed by atoms with E-state index in [1.807, 2.05) is 18.7 Å². The number of amides is 1. The Hall–Kier alpha value is -0.650. The fourth-order valence-electron chi connectivity index (χ4n) is 2.44. The second-order valence-corrected chi connectivity index (χ2v) is 5.13. The molecule has 2 N–H and O–H groups in total. The number of rotatable bonds is 2. The highest BCUT2D eigenvalue weighted by Gasteiger charge is 2.34. The van der Waals surface area contributed by atoms with Gasteiger partial charge in [-0.3, -0.25) is 4.79 Å². The van der Waals surface area contributed by atoms with E-state index in [4.69, 9.17) is 15.2 Å². The number of morpholine rings is 1. The maximum absolute atomic E-state index is 12.3. The van der Waals surface area contributed by atoms with E-state index >= 15 is 0 Å². The molecule has 4 unspecified atom stereocenters. The van der Waals surface area contributed by atoms with Crippen LogP contribution >= 0.6 is 0 Å². The fraction of sp³-hybridized carbons (Fsp3) is 0.917. The molecule has 98 valence electrons. The van der Waals surface area contributed by atoms with Crippen LogP contribution in [0.4, 0.5) is 0 Å². The second kappa shape index (κ2) is 5.33. The third kappa shape index (κ3) is 2.97. The van der Waals surface area contributed by atoms with Gasteiger partial charge in [-0.15, -0.1) is 0 Å². The Bertz CT molecular complexity index is 283. The van der Waals surface area contributed by atoms with Crippen molar-refractivity contribution in [1.29, 1.82) is 0 Å². The summed E-state index contributed by atoms with van der Waals surface area (Å²) in [5.74, 6) is 0.222.